The largest absolute Gasteiger partial charge is 0.496 e. The van der Waals surface area contributed by atoms with Crippen LogP contribution in [0, 0.1) is 10.1 Å². The smallest absolute Gasteiger partial charge is 0.296 e. The molecule has 2 rings (SSSR count). The first kappa shape index (κ1) is 18.4. The molecule has 6 nitrogen and oxygen atoms in total. The number of carbonyl (C=O) groups is 1. The van der Waals surface area contributed by atoms with Crippen molar-refractivity contribution in [2.75, 3.05) is 12.4 Å². The molecule has 132 valence electrons. The minimum atomic E-state index is -0.539. The van der Waals surface area contributed by atoms with Crippen LogP contribution >= 0.6 is 0 Å². The Bertz CT molecular complexity index is 755. The lowest BCUT2D eigenvalue weighted by molar-refractivity contribution is -0.384. The molecule has 0 aliphatic heterocycles. The summed E-state index contributed by atoms with van der Waals surface area (Å²) in [4.78, 5) is 22.7. The van der Waals surface area contributed by atoms with E-state index in [0.717, 1.165) is 5.56 Å². The van der Waals surface area contributed by atoms with E-state index in [0.29, 0.717) is 18.1 Å². The molecule has 0 fully saturated rings. The van der Waals surface area contributed by atoms with Crippen molar-refractivity contribution in [2.24, 2.45) is 0 Å². The monoisotopic (exact) mass is 342 g/mol. The number of amides is 1. The van der Waals surface area contributed by atoms with Crippen molar-refractivity contribution in [1.29, 1.82) is 0 Å². The van der Waals surface area contributed by atoms with Crippen LogP contribution in [-0.2, 0) is 11.2 Å². The third kappa shape index (κ3) is 5.04. The molecule has 0 saturated heterocycles. The summed E-state index contributed by atoms with van der Waals surface area (Å²) in [6.07, 6.45) is 0.832. The van der Waals surface area contributed by atoms with Gasteiger partial charge in [-0.05, 0) is 35.6 Å². The lowest BCUT2D eigenvalue weighted by Crippen LogP contribution is -2.13. The Hall–Kier alpha value is -2.89. The molecule has 0 bridgehead atoms. The zero-order valence-electron chi connectivity index (χ0n) is 14.6. The van der Waals surface area contributed by atoms with Crippen LogP contribution in [-0.4, -0.2) is 17.9 Å². The molecule has 0 spiro atoms. The minimum absolute atomic E-state index is 0.172. The summed E-state index contributed by atoms with van der Waals surface area (Å²) in [6.45, 7) is 4.26. The van der Waals surface area contributed by atoms with Gasteiger partial charge in [0.2, 0.25) is 5.91 Å². The number of nitrogens with one attached hydrogen (secondary N) is 1. The van der Waals surface area contributed by atoms with Crippen molar-refractivity contribution < 1.29 is 14.5 Å². The van der Waals surface area contributed by atoms with Gasteiger partial charge in [0.1, 0.15) is 11.4 Å². The van der Waals surface area contributed by atoms with Gasteiger partial charge in [-0.3, -0.25) is 14.9 Å². The zero-order valence-corrected chi connectivity index (χ0v) is 14.6. The van der Waals surface area contributed by atoms with Crippen molar-refractivity contribution in [2.45, 2.75) is 32.6 Å². The topological polar surface area (TPSA) is 81.5 Å². The second-order valence-electron chi connectivity index (χ2n) is 6.08. The lowest BCUT2D eigenvalue weighted by Gasteiger charge is -2.09. The molecule has 0 unspecified atom stereocenters. The summed E-state index contributed by atoms with van der Waals surface area (Å²) in [6, 6.07) is 12.5. The van der Waals surface area contributed by atoms with Crippen LogP contribution in [0.4, 0.5) is 11.4 Å². The molecule has 2 aromatic rings. The minimum Gasteiger partial charge on any atom is -0.496 e. The van der Waals surface area contributed by atoms with Crippen LogP contribution in [0.5, 0.6) is 5.75 Å². The number of nitro groups is 1. The molecule has 0 radical (unpaired) electrons. The van der Waals surface area contributed by atoms with Gasteiger partial charge in [-0.1, -0.05) is 38.1 Å². The number of ether oxygens (including phenoxy) is 1. The fraction of sp³-hybridized carbons (Fsp3) is 0.316. The number of anilines is 1. The molecule has 0 aliphatic rings. The zero-order chi connectivity index (χ0) is 18.4. The van der Waals surface area contributed by atoms with Gasteiger partial charge in [0, 0.05) is 6.42 Å². The van der Waals surface area contributed by atoms with E-state index in [4.69, 9.17) is 4.74 Å². The van der Waals surface area contributed by atoms with Crippen LogP contribution < -0.4 is 10.1 Å². The van der Waals surface area contributed by atoms with Gasteiger partial charge in [-0.2, -0.15) is 0 Å². The third-order valence-electron chi connectivity index (χ3n) is 3.96. The Morgan fingerprint density at radius 1 is 1.20 bits per heavy atom. The van der Waals surface area contributed by atoms with Crippen LogP contribution in [0.15, 0.2) is 42.5 Å². The number of carbonyl (C=O) groups excluding carboxylic acids is 1. The molecule has 0 saturated carbocycles. The average molecular weight is 342 g/mol. The second-order valence-corrected chi connectivity index (χ2v) is 6.08. The molecule has 25 heavy (non-hydrogen) atoms. The maximum Gasteiger partial charge on any atom is 0.296 e. The first-order valence-corrected chi connectivity index (χ1v) is 8.12. The molecule has 0 atom stereocenters. The van der Waals surface area contributed by atoms with Crippen LogP contribution in [0.2, 0.25) is 0 Å². The van der Waals surface area contributed by atoms with Crippen molar-refractivity contribution in [1.82, 2.24) is 0 Å². The average Bonchev–Trinajstić information content (AvgIpc) is 2.60. The normalized spacial score (nSPS) is 10.6. The SMILES string of the molecule is COc1ccc(NC(=O)CCc2ccc(C(C)C)cc2)c([N+](=O)[O-])c1. The highest BCUT2D eigenvalue weighted by Gasteiger charge is 2.17. The Balaban J connectivity index is 1.99. The molecule has 1 N–H and O–H groups in total. The second kappa shape index (κ2) is 8.28. The summed E-state index contributed by atoms with van der Waals surface area (Å²) in [7, 11) is 1.43. The Kier molecular flexibility index (Phi) is 6.11. The molecule has 0 aromatic heterocycles. The Morgan fingerprint density at radius 3 is 2.44 bits per heavy atom. The number of rotatable bonds is 7. The number of nitro benzene ring substituents is 1. The summed E-state index contributed by atoms with van der Waals surface area (Å²) < 4.78 is 4.98. The summed E-state index contributed by atoms with van der Waals surface area (Å²) in [5.41, 5.74) is 2.30. The molecule has 0 aliphatic carbocycles. The highest BCUT2D eigenvalue weighted by Crippen LogP contribution is 2.29. The Labute approximate surface area is 147 Å². The van der Waals surface area contributed by atoms with Crippen molar-refractivity contribution in [3.05, 3.63) is 63.7 Å². The number of hydrogen-bond acceptors (Lipinski definition) is 4. The Morgan fingerprint density at radius 2 is 1.88 bits per heavy atom. The van der Waals surface area contributed by atoms with E-state index >= 15 is 0 Å². The van der Waals surface area contributed by atoms with E-state index in [1.165, 1.54) is 24.8 Å². The van der Waals surface area contributed by atoms with Gasteiger partial charge < -0.3 is 10.1 Å². The quantitative estimate of drug-likeness (QED) is 0.601. The molecular formula is C19H22N2O4. The van der Waals surface area contributed by atoms with Gasteiger partial charge in [-0.25, -0.2) is 0 Å². The van der Waals surface area contributed by atoms with Gasteiger partial charge in [0.05, 0.1) is 18.1 Å². The highest BCUT2D eigenvalue weighted by atomic mass is 16.6. The molecule has 2 aromatic carbocycles. The van der Waals surface area contributed by atoms with Crippen molar-refractivity contribution in [3.63, 3.8) is 0 Å². The van der Waals surface area contributed by atoms with E-state index in [-0.39, 0.29) is 23.7 Å². The van der Waals surface area contributed by atoms with Gasteiger partial charge >= 0.3 is 0 Å². The standard InChI is InChI=1S/C19H22N2O4/c1-13(2)15-7-4-14(5-8-15)6-11-19(22)20-17-10-9-16(25-3)12-18(17)21(23)24/h4-5,7-10,12-13H,6,11H2,1-3H3,(H,20,22). The maximum absolute atomic E-state index is 12.1. The van der Waals surface area contributed by atoms with E-state index in [9.17, 15) is 14.9 Å². The van der Waals surface area contributed by atoms with E-state index < -0.39 is 4.92 Å². The van der Waals surface area contributed by atoms with Crippen LogP contribution in [0.1, 0.15) is 37.3 Å². The summed E-state index contributed by atoms with van der Waals surface area (Å²) >= 11 is 0. The number of methoxy groups -OCH3 is 1. The van der Waals surface area contributed by atoms with Crippen molar-refractivity contribution in [3.8, 4) is 5.75 Å². The summed E-state index contributed by atoms with van der Waals surface area (Å²) in [5.74, 6) is 0.573. The fourth-order valence-electron chi connectivity index (χ4n) is 2.43. The lowest BCUT2D eigenvalue weighted by atomic mass is 10.0. The molecule has 0 heterocycles. The molecular weight excluding hydrogens is 320 g/mol. The number of benzene rings is 2. The van der Waals surface area contributed by atoms with Crippen LogP contribution in [0.3, 0.4) is 0 Å². The van der Waals surface area contributed by atoms with E-state index in [1.807, 2.05) is 12.1 Å². The number of hydrogen-bond donors (Lipinski definition) is 1. The highest BCUT2D eigenvalue weighted by molar-refractivity contribution is 5.93. The molecule has 1 amide bonds. The predicted octanol–water partition coefficient (Wildman–Crippen LogP) is 4.30. The first-order valence-electron chi connectivity index (χ1n) is 8.12. The number of aryl methyl sites for hydroxylation is 1. The first-order chi connectivity index (χ1) is 11.9. The van der Waals surface area contributed by atoms with Gasteiger partial charge in [0.15, 0.2) is 0 Å². The summed E-state index contributed by atoms with van der Waals surface area (Å²) in [5, 5.41) is 13.7. The third-order valence-corrected chi connectivity index (χ3v) is 3.96. The van der Waals surface area contributed by atoms with Crippen LogP contribution in [0.25, 0.3) is 0 Å². The van der Waals surface area contributed by atoms with Gasteiger partial charge in [-0.15, -0.1) is 0 Å². The molecule has 6 heteroatoms. The fourth-order valence-corrected chi connectivity index (χ4v) is 2.43. The predicted molar refractivity (Wildman–Crippen MR) is 97.1 cm³/mol. The van der Waals surface area contributed by atoms with Gasteiger partial charge in [0.25, 0.3) is 5.69 Å². The maximum atomic E-state index is 12.1. The van der Waals surface area contributed by atoms with Crippen molar-refractivity contribution >= 4 is 17.3 Å². The van der Waals surface area contributed by atoms with E-state index in [2.05, 4.69) is 31.3 Å². The number of nitrogens with zero attached hydrogens (tertiary/aromatic N) is 1. The van der Waals surface area contributed by atoms with E-state index in [1.54, 1.807) is 6.07 Å².